The van der Waals surface area contributed by atoms with E-state index in [1.807, 2.05) is 35.9 Å². The largest absolute Gasteiger partial charge is 0.494 e. The second-order valence-corrected chi connectivity index (χ2v) is 8.34. The molecule has 1 N–H and O–H groups in total. The Hall–Kier alpha value is -2.83. The second kappa shape index (κ2) is 8.27. The number of methoxy groups -OCH3 is 1. The second-order valence-electron chi connectivity index (χ2n) is 8.34. The van der Waals surface area contributed by atoms with E-state index in [2.05, 4.69) is 28.8 Å². The maximum atomic E-state index is 5.61. The number of nitrogens with zero attached hydrogens (tertiary/aromatic N) is 5. The molecule has 2 heterocycles. The summed E-state index contributed by atoms with van der Waals surface area (Å²) < 4.78 is 9.63. The van der Waals surface area contributed by atoms with Gasteiger partial charge in [0.05, 0.1) is 24.8 Å². The molecule has 3 aromatic rings. The van der Waals surface area contributed by atoms with Gasteiger partial charge in [0, 0.05) is 30.9 Å². The highest BCUT2D eigenvalue weighted by Crippen LogP contribution is 2.33. The molecule has 7 heteroatoms. The van der Waals surface area contributed by atoms with Gasteiger partial charge in [0.25, 0.3) is 0 Å². The van der Waals surface area contributed by atoms with Crippen LogP contribution in [0.4, 0.5) is 11.6 Å². The van der Waals surface area contributed by atoms with Gasteiger partial charge < -0.3 is 14.6 Å². The third-order valence-electron chi connectivity index (χ3n) is 5.19. The highest BCUT2D eigenvalue weighted by Gasteiger charge is 2.22. The molecule has 7 nitrogen and oxygen atoms in total. The SMILES string of the molecule is COc1cc(Nc2nc(CCC3CC3)n(CC(C)C)n2)ccc1-n1cnc(C)c1. The summed E-state index contributed by atoms with van der Waals surface area (Å²) in [4.78, 5) is 9.08. The number of hydrogen-bond acceptors (Lipinski definition) is 5. The van der Waals surface area contributed by atoms with Crippen molar-refractivity contribution in [2.75, 3.05) is 12.4 Å². The van der Waals surface area contributed by atoms with Gasteiger partial charge in [0.2, 0.25) is 5.95 Å². The van der Waals surface area contributed by atoms with Crippen LogP contribution in [-0.2, 0) is 13.0 Å². The smallest absolute Gasteiger partial charge is 0.246 e. The molecular weight excluding hydrogens is 364 g/mol. The van der Waals surface area contributed by atoms with Gasteiger partial charge in [-0.1, -0.05) is 26.7 Å². The van der Waals surface area contributed by atoms with Crippen LogP contribution in [0.2, 0.25) is 0 Å². The molecule has 1 fully saturated rings. The Labute approximate surface area is 172 Å². The van der Waals surface area contributed by atoms with E-state index >= 15 is 0 Å². The van der Waals surface area contributed by atoms with Gasteiger partial charge in [-0.2, -0.15) is 4.98 Å². The maximum Gasteiger partial charge on any atom is 0.246 e. The number of hydrogen-bond donors (Lipinski definition) is 1. The Morgan fingerprint density at radius 3 is 2.76 bits per heavy atom. The Bertz CT molecular complexity index is 970. The molecule has 0 spiro atoms. The van der Waals surface area contributed by atoms with Crippen LogP contribution in [0, 0.1) is 18.8 Å². The number of imidazole rings is 1. The van der Waals surface area contributed by atoms with E-state index in [9.17, 15) is 0 Å². The first-order valence-electron chi connectivity index (χ1n) is 10.4. The lowest BCUT2D eigenvalue weighted by Crippen LogP contribution is -2.10. The predicted octanol–water partition coefficient (Wildman–Crippen LogP) is 4.52. The molecule has 0 unspecified atom stereocenters. The summed E-state index contributed by atoms with van der Waals surface area (Å²) in [6.45, 7) is 7.28. The number of benzene rings is 1. The van der Waals surface area contributed by atoms with Crippen molar-refractivity contribution < 1.29 is 4.74 Å². The minimum Gasteiger partial charge on any atom is -0.494 e. The van der Waals surface area contributed by atoms with E-state index < -0.39 is 0 Å². The summed E-state index contributed by atoms with van der Waals surface area (Å²) in [5.41, 5.74) is 2.81. The van der Waals surface area contributed by atoms with E-state index in [1.165, 1.54) is 19.3 Å². The predicted molar refractivity (Wildman–Crippen MR) is 114 cm³/mol. The number of nitrogens with one attached hydrogen (secondary N) is 1. The minimum absolute atomic E-state index is 0.530. The topological polar surface area (TPSA) is 69.8 Å². The average molecular weight is 395 g/mol. The molecule has 1 aliphatic carbocycles. The fourth-order valence-corrected chi connectivity index (χ4v) is 3.49. The first-order chi connectivity index (χ1) is 14.0. The number of anilines is 2. The van der Waals surface area contributed by atoms with Gasteiger partial charge in [-0.25, -0.2) is 9.67 Å². The lowest BCUT2D eigenvalue weighted by atomic mass is 10.2. The number of ether oxygens (including phenoxy) is 1. The summed E-state index contributed by atoms with van der Waals surface area (Å²) in [7, 11) is 1.68. The Kier molecular flexibility index (Phi) is 5.56. The van der Waals surface area contributed by atoms with Crippen LogP contribution < -0.4 is 10.1 Å². The van der Waals surface area contributed by atoms with Crippen molar-refractivity contribution in [2.24, 2.45) is 11.8 Å². The van der Waals surface area contributed by atoms with Crippen molar-refractivity contribution in [3.05, 3.63) is 42.2 Å². The molecule has 4 rings (SSSR count). The molecule has 1 aliphatic rings. The molecule has 1 saturated carbocycles. The molecule has 154 valence electrons. The van der Waals surface area contributed by atoms with Gasteiger partial charge >= 0.3 is 0 Å². The van der Waals surface area contributed by atoms with E-state index in [4.69, 9.17) is 14.8 Å². The number of rotatable bonds is 9. The third-order valence-corrected chi connectivity index (χ3v) is 5.19. The van der Waals surface area contributed by atoms with E-state index in [1.54, 1.807) is 13.4 Å². The fourth-order valence-electron chi connectivity index (χ4n) is 3.49. The number of aryl methyl sites for hydroxylation is 2. The van der Waals surface area contributed by atoms with Gasteiger partial charge in [-0.15, -0.1) is 5.10 Å². The van der Waals surface area contributed by atoms with Crippen LogP contribution in [0.1, 0.15) is 44.6 Å². The lowest BCUT2D eigenvalue weighted by molar-refractivity contribution is 0.413. The number of aromatic nitrogens is 5. The molecule has 0 radical (unpaired) electrons. The molecule has 0 amide bonds. The summed E-state index contributed by atoms with van der Waals surface area (Å²) in [5.74, 6) is 3.90. The van der Waals surface area contributed by atoms with Crippen LogP contribution in [0.15, 0.2) is 30.7 Å². The highest BCUT2D eigenvalue weighted by molar-refractivity contribution is 5.61. The highest BCUT2D eigenvalue weighted by atomic mass is 16.5. The van der Waals surface area contributed by atoms with Gasteiger partial charge in [-0.05, 0) is 37.3 Å². The summed E-state index contributed by atoms with van der Waals surface area (Å²) in [5, 5.41) is 8.07. The van der Waals surface area contributed by atoms with Crippen LogP contribution in [-0.4, -0.2) is 31.4 Å². The van der Waals surface area contributed by atoms with E-state index in [0.29, 0.717) is 11.9 Å². The molecule has 29 heavy (non-hydrogen) atoms. The van der Waals surface area contributed by atoms with Gasteiger partial charge in [0.15, 0.2) is 0 Å². The van der Waals surface area contributed by atoms with Crippen LogP contribution >= 0.6 is 0 Å². The monoisotopic (exact) mass is 394 g/mol. The van der Waals surface area contributed by atoms with Crippen LogP contribution in [0.3, 0.4) is 0 Å². The average Bonchev–Trinajstić information content (AvgIpc) is 3.31. The van der Waals surface area contributed by atoms with Crippen molar-refractivity contribution >= 4 is 11.6 Å². The third kappa shape index (κ3) is 4.78. The van der Waals surface area contributed by atoms with Crippen molar-refractivity contribution in [2.45, 2.75) is 53.0 Å². The first-order valence-corrected chi connectivity index (χ1v) is 10.4. The summed E-state index contributed by atoms with van der Waals surface area (Å²) >= 11 is 0. The molecule has 0 aliphatic heterocycles. The van der Waals surface area contributed by atoms with Gasteiger partial charge in [0.1, 0.15) is 11.6 Å². The van der Waals surface area contributed by atoms with Crippen LogP contribution in [0.5, 0.6) is 5.75 Å². The van der Waals surface area contributed by atoms with Crippen molar-refractivity contribution in [1.82, 2.24) is 24.3 Å². The van der Waals surface area contributed by atoms with Crippen LogP contribution in [0.25, 0.3) is 5.69 Å². The minimum atomic E-state index is 0.530. The van der Waals surface area contributed by atoms with E-state index in [0.717, 1.165) is 47.5 Å². The molecule has 1 aromatic carbocycles. The Morgan fingerprint density at radius 2 is 2.10 bits per heavy atom. The molecule has 0 bridgehead atoms. The van der Waals surface area contributed by atoms with Crippen molar-refractivity contribution in [3.63, 3.8) is 0 Å². The first kappa shape index (κ1) is 19.5. The standard InChI is InChI=1S/C22H30N6O/c1-15(2)12-28-21(10-7-17-5-6-17)25-22(26-28)24-18-8-9-19(20(11-18)29-4)27-13-16(3)23-14-27/h8-9,11,13-15,17H,5-7,10,12H2,1-4H3,(H,24,26). The fraction of sp³-hybridized carbons (Fsp3) is 0.500. The zero-order chi connectivity index (χ0) is 20.4. The molecule has 0 atom stereocenters. The Morgan fingerprint density at radius 1 is 1.28 bits per heavy atom. The van der Waals surface area contributed by atoms with Gasteiger partial charge in [-0.3, -0.25) is 0 Å². The summed E-state index contributed by atoms with van der Waals surface area (Å²) in [6.07, 6.45) is 8.71. The lowest BCUT2D eigenvalue weighted by Gasteiger charge is -2.11. The zero-order valence-corrected chi connectivity index (χ0v) is 17.7. The zero-order valence-electron chi connectivity index (χ0n) is 17.7. The van der Waals surface area contributed by atoms with Crippen molar-refractivity contribution in [3.8, 4) is 11.4 Å². The van der Waals surface area contributed by atoms with Crippen molar-refractivity contribution in [1.29, 1.82) is 0 Å². The maximum absolute atomic E-state index is 5.61. The Balaban J connectivity index is 1.54. The quantitative estimate of drug-likeness (QED) is 0.578. The molecule has 2 aromatic heterocycles. The normalized spacial score (nSPS) is 13.8. The molecular formula is C22H30N6O. The summed E-state index contributed by atoms with van der Waals surface area (Å²) in [6, 6.07) is 6.00. The molecule has 0 saturated heterocycles. The van der Waals surface area contributed by atoms with E-state index in [-0.39, 0.29) is 0 Å².